The number of hydrogen-bond donors (Lipinski definition) is 1. The first-order valence-corrected chi connectivity index (χ1v) is 7.76. The molecule has 0 saturated carbocycles. The molecule has 2 N–H and O–H groups in total. The van der Waals surface area contributed by atoms with Crippen LogP contribution in [0.5, 0.6) is 0 Å². The standard InChI is InChI=1S/C16H28ClN3/c1-5-9-20(11-10-19(3)4)16-8-6-7-15(17)14(16)12-13(2)18/h6-8,13H,5,9-12,18H2,1-4H3. The number of likely N-dealkylation sites (N-methyl/N-ethyl adjacent to an activating group) is 1. The van der Waals surface area contributed by atoms with E-state index in [9.17, 15) is 0 Å². The highest BCUT2D eigenvalue weighted by Crippen LogP contribution is 2.28. The molecule has 0 heterocycles. The molecule has 114 valence electrons. The van der Waals surface area contributed by atoms with Crippen LogP contribution in [0, 0.1) is 0 Å². The molecule has 3 nitrogen and oxygen atoms in total. The molecule has 0 aromatic heterocycles. The third-order valence-electron chi connectivity index (χ3n) is 3.27. The summed E-state index contributed by atoms with van der Waals surface area (Å²) in [6.45, 7) is 7.31. The molecule has 0 radical (unpaired) electrons. The summed E-state index contributed by atoms with van der Waals surface area (Å²) in [4.78, 5) is 4.63. The smallest absolute Gasteiger partial charge is 0.0459 e. The van der Waals surface area contributed by atoms with Crippen molar-refractivity contribution in [3.63, 3.8) is 0 Å². The van der Waals surface area contributed by atoms with Gasteiger partial charge in [0.15, 0.2) is 0 Å². The Kier molecular flexibility index (Phi) is 7.35. The fourth-order valence-corrected chi connectivity index (χ4v) is 2.56. The monoisotopic (exact) mass is 297 g/mol. The maximum Gasteiger partial charge on any atom is 0.0459 e. The molecule has 0 aliphatic heterocycles. The first-order chi connectivity index (χ1) is 9.45. The number of nitrogens with zero attached hydrogens (tertiary/aromatic N) is 2. The minimum atomic E-state index is 0.117. The summed E-state index contributed by atoms with van der Waals surface area (Å²) in [5.74, 6) is 0. The van der Waals surface area contributed by atoms with Crippen LogP contribution in [0.4, 0.5) is 5.69 Å². The van der Waals surface area contributed by atoms with Gasteiger partial charge in [-0.25, -0.2) is 0 Å². The normalized spacial score (nSPS) is 12.8. The van der Waals surface area contributed by atoms with Crippen LogP contribution in [0.25, 0.3) is 0 Å². The van der Waals surface area contributed by atoms with Gasteiger partial charge >= 0.3 is 0 Å². The van der Waals surface area contributed by atoms with Gasteiger partial charge in [-0.2, -0.15) is 0 Å². The summed E-state index contributed by atoms with van der Waals surface area (Å²) < 4.78 is 0. The van der Waals surface area contributed by atoms with Gasteiger partial charge in [-0.15, -0.1) is 0 Å². The highest BCUT2D eigenvalue weighted by molar-refractivity contribution is 6.31. The van der Waals surface area contributed by atoms with E-state index in [1.807, 2.05) is 19.1 Å². The van der Waals surface area contributed by atoms with Gasteiger partial charge in [0.2, 0.25) is 0 Å². The molecule has 0 amide bonds. The number of benzene rings is 1. The van der Waals surface area contributed by atoms with Gasteiger partial charge in [-0.3, -0.25) is 0 Å². The van der Waals surface area contributed by atoms with E-state index in [2.05, 4.69) is 36.9 Å². The molecule has 1 aromatic carbocycles. The predicted octanol–water partition coefficient (Wildman–Crippen LogP) is 3.01. The number of rotatable bonds is 8. The first-order valence-electron chi connectivity index (χ1n) is 7.38. The number of halogens is 1. The molecule has 20 heavy (non-hydrogen) atoms. The Labute approximate surface area is 128 Å². The molecule has 1 rings (SSSR count). The molecular weight excluding hydrogens is 270 g/mol. The van der Waals surface area contributed by atoms with Crippen LogP contribution < -0.4 is 10.6 Å². The molecule has 0 aliphatic rings. The van der Waals surface area contributed by atoms with E-state index < -0.39 is 0 Å². The molecule has 1 aromatic rings. The number of nitrogens with two attached hydrogens (primary N) is 1. The minimum Gasteiger partial charge on any atom is -0.370 e. The summed E-state index contributed by atoms with van der Waals surface area (Å²) in [5, 5.41) is 0.825. The third-order valence-corrected chi connectivity index (χ3v) is 3.63. The van der Waals surface area contributed by atoms with Crippen molar-refractivity contribution in [3.05, 3.63) is 28.8 Å². The summed E-state index contributed by atoms with van der Waals surface area (Å²) in [6.07, 6.45) is 1.94. The molecule has 0 saturated heterocycles. The van der Waals surface area contributed by atoms with Crippen LogP contribution in [-0.2, 0) is 6.42 Å². The van der Waals surface area contributed by atoms with Gasteiger partial charge in [-0.05, 0) is 51.6 Å². The number of hydrogen-bond acceptors (Lipinski definition) is 3. The molecule has 1 atom stereocenters. The fraction of sp³-hybridized carbons (Fsp3) is 0.625. The van der Waals surface area contributed by atoms with Crippen molar-refractivity contribution in [2.45, 2.75) is 32.7 Å². The van der Waals surface area contributed by atoms with E-state index in [0.717, 1.165) is 37.5 Å². The fourth-order valence-electron chi connectivity index (χ4n) is 2.31. The van der Waals surface area contributed by atoms with E-state index in [1.54, 1.807) is 0 Å². The maximum atomic E-state index is 6.39. The second kappa shape index (κ2) is 8.50. The van der Waals surface area contributed by atoms with Crippen LogP contribution >= 0.6 is 11.6 Å². The zero-order valence-electron chi connectivity index (χ0n) is 13.2. The van der Waals surface area contributed by atoms with Gasteiger partial charge in [0.25, 0.3) is 0 Å². The molecular formula is C16H28ClN3. The quantitative estimate of drug-likeness (QED) is 0.800. The predicted molar refractivity (Wildman–Crippen MR) is 89.9 cm³/mol. The van der Waals surface area contributed by atoms with Gasteiger partial charge in [-0.1, -0.05) is 24.6 Å². The lowest BCUT2D eigenvalue weighted by Gasteiger charge is -2.29. The van der Waals surface area contributed by atoms with Crippen LogP contribution in [0.2, 0.25) is 5.02 Å². The lowest BCUT2D eigenvalue weighted by molar-refractivity contribution is 0.412. The van der Waals surface area contributed by atoms with Crippen molar-refractivity contribution in [2.75, 3.05) is 38.6 Å². The van der Waals surface area contributed by atoms with Crippen LogP contribution in [0.3, 0.4) is 0 Å². The molecule has 0 bridgehead atoms. The second-order valence-corrected chi connectivity index (χ2v) is 6.12. The summed E-state index contributed by atoms with van der Waals surface area (Å²) in [6, 6.07) is 6.26. The summed E-state index contributed by atoms with van der Waals surface area (Å²) in [7, 11) is 4.20. The molecule has 0 aliphatic carbocycles. The molecule has 0 fully saturated rings. The molecule has 4 heteroatoms. The molecule has 0 spiro atoms. The Morgan fingerprint density at radius 1 is 1.20 bits per heavy atom. The van der Waals surface area contributed by atoms with E-state index in [0.29, 0.717) is 0 Å². The van der Waals surface area contributed by atoms with E-state index >= 15 is 0 Å². The Morgan fingerprint density at radius 3 is 2.45 bits per heavy atom. The Bertz CT molecular complexity index is 405. The van der Waals surface area contributed by atoms with Crippen molar-refractivity contribution in [2.24, 2.45) is 5.73 Å². The molecule has 1 unspecified atom stereocenters. The van der Waals surface area contributed by atoms with Crippen LogP contribution in [-0.4, -0.2) is 44.7 Å². The Hall–Kier alpha value is -0.770. The van der Waals surface area contributed by atoms with Crippen molar-refractivity contribution in [1.29, 1.82) is 0 Å². The third kappa shape index (κ3) is 5.31. The lowest BCUT2D eigenvalue weighted by Crippen LogP contribution is -2.33. The van der Waals surface area contributed by atoms with Gasteiger partial charge in [0, 0.05) is 36.4 Å². The van der Waals surface area contributed by atoms with Gasteiger partial charge in [0.1, 0.15) is 0 Å². The highest BCUT2D eigenvalue weighted by Gasteiger charge is 2.14. The van der Waals surface area contributed by atoms with Crippen LogP contribution in [0.15, 0.2) is 18.2 Å². The summed E-state index contributed by atoms with van der Waals surface area (Å²) in [5.41, 5.74) is 8.39. The van der Waals surface area contributed by atoms with Crippen molar-refractivity contribution < 1.29 is 0 Å². The van der Waals surface area contributed by atoms with E-state index in [1.165, 1.54) is 11.3 Å². The van der Waals surface area contributed by atoms with Crippen LogP contribution in [0.1, 0.15) is 25.8 Å². The largest absolute Gasteiger partial charge is 0.370 e. The Morgan fingerprint density at radius 2 is 1.90 bits per heavy atom. The SMILES string of the molecule is CCCN(CCN(C)C)c1cccc(Cl)c1CC(C)N. The van der Waals surface area contributed by atoms with Crippen molar-refractivity contribution in [3.8, 4) is 0 Å². The van der Waals surface area contributed by atoms with Crippen molar-refractivity contribution >= 4 is 17.3 Å². The average Bonchev–Trinajstić information content (AvgIpc) is 2.36. The van der Waals surface area contributed by atoms with E-state index in [4.69, 9.17) is 17.3 Å². The van der Waals surface area contributed by atoms with E-state index in [-0.39, 0.29) is 6.04 Å². The zero-order valence-corrected chi connectivity index (χ0v) is 14.0. The lowest BCUT2D eigenvalue weighted by atomic mass is 10.0. The summed E-state index contributed by atoms with van der Waals surface area (Å²) >= 11 is 6.39. The average molecular weight is 298 g/mol. The van der Waals surface area contributed by atoms with Gasteiger partial charge in [0.05, 0.1) is 0 Å². The van der Waals surface area contributed by atoms with Gasteiger partial charge < -0.3 is 15.5 Å². The van der Waals surface area contributed by atoms with Crippen molar-refractivity contribution in [1.82, 2.24) is 4.90 Å². The topological polar surface area (TPSA) is 32.5 Å². The first kappa shape index (κ1) is 17.3. The maximum absolute atomic E-state index is 6.39. The zero-order chi connectivity index (χ0) is 15.1. The minimum absolute atomic E-state index is 0.117. The second-order valence-electron chi connectivity index (χ2n) is 5.71. The highest BCUT2D eigenvalue weighted by atomic mass is 35.5. The number of anilines is 1. The Balaban J connectivity index is 3.01.